The molecule has 0 bridgehead atoms. The van der Waals surface area contributed by atoms with E-state index in [-0.39, 0.29) is 25.5 Å². The molecule has 0 saturated carbocycles. The Bertz CT molecular complexity index is 602. The lowest BCUT2D eigenvalue weighted by atomic mass is 10.1. The van der Waals surface area contributed by atoms with Crippen LogP contribution in [-0.4, -0.2) is 38.3 Å². The Labute approximate surface area is 117 Å². The molecule has 1 atom stereocenters. The van der Waals surface area contributed by atoms with Crippen LogP contribution in [0.3, 0.4) is 0 Å². The second kappa shape index (κ2) is 5.88. The lowest BCUT2D eigenvalue weighted by molar-refractivity contribution is -0.117. The van der Waals surface area contributed by atoms with E-state index >= 15 is 0 Å². The average molecular weight is 301 g/mol. The molecule has 1 aromatic carbocycles. The van der Waals surface area contributed by atoms with Gasteiger partial charge < -0.3 is 10.0 Å². The second-order valence-electron chi connectivity index (χ2n) is 4.88. The minimum Gasteiger partial charge on any atom is -0.396 e. The number of para-hydroxylation sites is 1. The minimum atomic E-state index is -4.58. The van der Waals surface area contributed by atoms with Gasteiger partial charge in [-0.2, -0.15) is 8.42 Å². The number of hydrogen-bond acceptors (Lipinski definition) is 4. The van der Waals surface area contributed by atoms with E-state index in [1.54, 1.807) is 24.3 Å². The smallest absolute Gasteiger partial charge is 0.302 e. The first kappa shape index (κ1) is 14.9. The predicted molar refractivity (Wildman–Crippen MR) is 72.6 cm³/mol. The number of benzene rings is 1. The Morgan fingerprint density at radius 3 is 2.70 bits per heavy atom. The topological polar surface area (TPSA) is 74.7 Å². The van der Waals surface area contributed by atoms with Crippen LogP contribution in [0.4, 0.5) is 9.57 Å². The van der Waals surface area contributed by atoms with Gasteiger partial charge >= 0.3 is 10.2 Å². The van der Waals surface area contributed by atoms with Crippen LogP contribution in [0.25, 0.3) is 0 Å². The number of carbonyl (C=O) groups is 1. The molecule has 1 heterocycles. The quantitative estimate of drug-likeness (QED) is 0.819. The number of aliphatic hydroxyl groups excluding tert-OH is 1. The van der Waals surface area contributed by atoms with Gasteiger partial charge in [0.25, 0.3) is 0 Å². The molecular formula is C13H16FNO4S. The second-order valence-corrected chi connectivity index (χ2v) is 6.29. The molecule has 5 nitrogen and oxygen atoms in total. The van der Waals surface area contributed by atoms with Crippen LogP contribution in [0.5, 0.6) is 0 Å². The highest BCUT2D eigenvalue weighted by atomic mass is 32.3. The van der Waals surface area contributed by atoms with E-state index in [0.717, 1.165) is 5.56 Å². The van der Waals surface area contributed by atoms with Gasteiger partial charge in [0.15, 0.2) is 0 Å². The Morgan fingerprint density at radius 2 is 2.05 bits per heavy atom. The van der Waals surface area contributed by atoms with Gasteiger partial charge in [-0.05, 0) is 18.1 Å². The average Bonchev–Trinajstić information content (AvgIpc) is 2.69. The molecule has 1 N–H and O–H groups in total. The van der Waals surface area contributed by atoms with Gasteiger partial charge in [-0.15, -0.1) is 3.89 Å². The molecular weight excluding hydrogens is 285 g/mol. The third-order valence-corrected chi connectivity index (χ3v) is 4.17. The summed E-state index contributed by atoms with van der Waals surface area (Å²) in [5, 5.41) is 9.03. The number of carbonyl (C=O) groups excluding carboxylic acids is 1. The maximum atomic E-state index is 12.7. The fourth-order valence-electron chi connectivity index (χ4n) is 2.51. The van der Waals surface area contributed by atoms with E-state index in [1.165, 1.54) is 4.90 Å². The molecule has 7 heteroatoms. The van der Waals surface area contributed by atoms with Crippen molar-refractivity contribution in [2.45, 2.75) is 12.8 Å². The van der Waals surface area contributed by atoms with Crippen molar-refractivity contribution < 1.29 is 22.2 Å². The van der Waals surface area contributed by atoms with Crippen LogP contribution in [0.2, 0.25) is 0 Å². The lowest BCUT2D eigenvalue weighted by Gasteiger charge is -2.20. The fourth-order valence-corrected chi connectivity index (χ4v) is 3.30. The van der Waals surface area contributed by atoms with Crippen molar-refractivity contribution in [3.8, 4) is 0 Å². The van der Waals surface area contributed by atoms with Crippen LogP contribution in [0, 0.1) is 5.92 Å². The van der Waals surface area contributed by atoms with Crippen molar-refractivity contribution in [1.82, 2.24) is 0 Å². The number of anilines is 1. The number of hydrogen-bond donors (Lipinski definition) is 1. The maximum Gasteiger partial charge on any atom is 0.302 e. The van der Waals surface area contributed by atoms with Crippen molar-refractivity contribution in [2.24, 2.45) is 5.92 Å². The molecule has 1 saturated heterocycles. The largest absolute Gasteiger partial charge is 0.396 e. The summed E-state index contributed by atoms with van der Waals surface area (Å²) in [6.45, 7) is 0.145. The first-order chi connectivity index (χ1) is 9.40. The van der Waals surface area contributed by atoms with Crippen LogP contribution in [0.15, 0.2) is 24.3 Å². The number of halogens is 1. The standard InChI is InChI=1S/C13H16FNO4S/c14-20(18,19)9-10-7-13(17)15(8-10)12-4-2-1-3-11(12)5-6-16/h1-4,10,16H,5-9H2. The van der Waals surface area contributed by atoms with E-state index in [9.17, 15) is 17.1 Å². The summed E-state index contributed by atoms with van der Waals surface area (Å²) in [6.07, 6.45) is 0.433. The number of rotatable bonds is 5. The molecule has 1 aromatic rings. The Kier molecular flexibility index (Phi) is 4.39. The van der Waals surface area contributed by atoms with E-state index in [0.29, 0.717) is 12.1 Å². The zero-order valence-corrected chi connectivity index (χ0v) is 11.6. The number of nitrogens with zero attached hydrogens (tertiary/aromatic N) is 1. The fraction of sp³-hybridized carbons (Fsp3) is 0.462. The first-order valence-corrected chi connectivity index (χ1v) is 7.87. The maximum absolute atomic E-state index is 12.7. The molecule has 1 unspecified atom stereocenters. The molecule has 1 aliphatic rings. The molecule has 110 valence electrons. The van der Waals surface area contributed by atoms with Gasteiger partial charge in [0.2, 0.25) is 5.91 Å². The normalized spacial score (nSPS) is 19.6. The zero-order chi connectivity index (χ0) is 14.8. The Hall–Kier alpha value is -1.47. The molecule has 0 aliphatic carbocycles. The molecule has 0 spiro atoms. The third-order valence-electron chi connectivity index (χ3n) is 3.30. The zero-order valence-electron chi connectivity index (χ0n) is 10.8. The van der Waals surface area contributed by atoms with E-state index in [2.05, 4.69) is 0 Å². The van der Waals surface area contributed by atoms with Gasteiger partial charge in [0.05, 0.1) is 5.75 Å². The number of aliphatic hydroxyl groups is 1. The van der Waals surface area contributed by atoms with Crippen LogP contribution in [-0.2, 0) is 21.4 Å². The highest BCUT2D eigenvalue weighted by Crippen LogP contribution is 2.29. The van der Waals surface area contributed by atoms with Gasteiger partial charge in [-0.25, -0.2) is 0 Å². The van der Waals surface area contributed by atoms with Crippen LogP contribution >= 0.6 is 0 Å². The SMILES string of the molecule is O=C1CC(CS(=O)(=O)F)CN1c1ccccc1CCO. The van der Waals surface area contributed by atoms with E-state index < -0.39 is 21.9 Å². The number of amides is 1. The van der Waals surface area contributed by atoms with Gasteiger partial charge in [0, 0.05) is 31.2 Å². The predicted octanol–water partition coefficient (Wildman–Crippen LogP) is 0.874. The van der Waals surface area contributed by atoms with Crippen molar-refractivity contribution >= 4 is 21.8 Å². The van der Waals surface area contributed by atoms with Crippen molar-refractivity contribution in [3.05, 3.63) is 29.8 Å². The monoisotopic (exact) mass is 301 g/mol. The third kappa shape index (κ3) is 3.55. The first-order valence-electron chi connectivity index (χ1n) is 6.32. The summed E-state index contributed by atoms with van der Waals surface area (Å²) >= 11 is 0. The highest BCUT2D eigenvalue weighted by Gasteiger charge is 2.34. The molecule has 0 radical (unpaired) electrons. The molecule has 20 heavy (non-hydrogen) atoms. The Morgan fingerprint density at radius 1 is 1.35 bits per heavy atom. The van der Waals surface area contributed by atoms with E-state index in [1.807, 2.05) is 0 Å². The molecule has 1 fully saturated rings. The van der Waals surface area contributed by atoms with Gasteiger partial charge in [-0.3, -0.25) is 4.79 Å². The summed E-state index contributed by atoms with van der Waals surface area (Å²) in [4.78, 5) is 13.4. The molecule has 0 aromatic heterocycles. The van der Waals surface area contributed by atoms with E-state index in [4.69, 9.17) is 5.11 Å². The van der Waals surface area contributed by atoms with Gasteiger partial charge in [-0.1, -0.05) is 18.2 Å². The molecule has 2 rings (SSSR count). The summed E-state index contributed by atoms with van der Waals surface area (Å²) in [6, 6.07) is 7.12. The minimum absolute atomic E-state index is 0.0244. The summed E-state index contributed by atoms with van der Waals surface area (Å²) in [5.74, 6) is -1.37. The van der Waals surface area contributed by atoms with Crippen molar-refractivity contribution in [2.75, 3.05) is 23.8 Å². The molecule has 1 aliphatic heterocycles. The van der Waals surface area contributed by atoms with Crippen molar-refractivity contribution in [1.29, 1.82) is 0 Å². The van der Waals surface area contributed by atoms with Crippen molar-refractivity contribution in [3.63, 3.8) is 0 Å². The molecule has 1 amide bonds. The lowest BCUT2D eigenvalue weighted by Crippen LogP contribution is -2.26. The van der Waals surface area contributed by atoms with Crippen LogP contribution < -0.4 is 4.90 Å². The van der Waals surface area contributed by atoms with Gasteiger partial charge in [0.1, 0.15) is 0 Å². The summed E-state index contributed by atoms with van der Waals surface area (Å²) < 4.78 is 34.1. The van der Waals surface area contributed by atoms with Crippen LogP contribution in [0.1, 0.15) is 12.0 Å². The Balaban J connectivity index is 2.20. The summed E-state index contributed by atoms with van der Waals surface area (Å²) in [5.41, 5.74) is 1.47. The highest BCUT2D eigenvalue weighted by molar-refractivity contribution is 7.86. The summed E-state index contributed by atoms with van der Waals surface area (Å²) in [7, 11) is -4.58.